The molecular formula is C17H22N2O2. The number of hydrogen-bond acceptors (Lipinski definition) is 3. The number of Topliss-reactive ketones (excluding diaryl/α,β-unsaturated/α-hetero) is 1. The van der Waals surface area contributed by atoms with Gasteiger partial charge < -0.3 is 9.30 Å². The van der Waals surface area contributed by atoms with Crippen molar-refractivity contribution < 1.29 is 9.53 Å². The fourth-order valence-electron chi connectivity index (χ4n) is 2.96. The summed E-state index contributed by atoms with van der Waals surface area (Å²) in [5.41, 5.74) is 1.97. The number of fused-ring (bicyclic) bond motifs is 1. The third-order valence-electron chi connectivity index (χ3n) is 4.01. The predicted octanol–water partition coefficient (Wildman–Crippen LogP) is 3.30. The van der Waals surface area contributed by atoms with Gasteiger partial charge in [0, 0.05) is 25.7 Å². The summed E-state index contributed by atoms with van der Waals surface area (Å²) in [7, 11) is 0. The van der Waals surface area contributed by atoms with Gasteiger partial charge in [0.15, 0.2) is 5.82 Å². The number of hydrogen-bond donors (Lipinski definition) is 0. The molecule has 1 fully saturated rings. The summed E-state index contributed by atoms with van der Waals surface area (Å²) < 4.78 is 7.46. The molecule has 2 heterocycles. The van der Waals surface area contributed by atoms with E-state index in [1.165, 1.54) is 0 Å². The van der Waals surface area contributed by atoms with Crippen molar-refractivity contribution in [3.05, 3.63) is 30.1 Å². The number of imidazole rings is 1. The molecule has 1 aromatic heterocycles. The summed E-state index contributed by atoms with van der Waals surface area (Å²) >= 11 is 0. The first-order chi connectivity index (χ1) is 10.2. The van der Waals surface area contributed by atoms with Crippen LogP contribution in [0.25, 0.3) is 11.0 Å². The summed E-state index contributed by atoms with van der Waals surface area (Å²) in [4.78, 5) is 17.4. The molecule has 112 valence electrons. The minimum absolute atomic E-state index is 0.0569. The Bertz CT molecular complexity index is 639. The van der Waals surface area contributed by atoms with Crippen molar-refractivity contribution in [2.75, 3.05) is 13.2 Å². The second-order valence-corrected chi connectivity index (χ2v) is 6.18. The number of carbonyl (C=O) groups excluding carboxylic acids is 1. The van der Waals surface area contributed by atoms with Gasteiger partial charge in [-0.2, -0.15) is 0 Å². The van der Waals surface area contributed by atoms with E-state index in [-0.39, 0.29) is 11.7 Å². The molecule has 0 atom stereocenters. The molecule has 2 aromatic rings. The smallest absolute Gasteiger partial charge is 0.201 e. The van der Waals surface area contributed by atoms with Crippen LogP contribution in [0.4, 0.5) is 0 Å². The molecule has 21 heavy (non-hydrogen) atoms. The number of para-hydroxylation sites is 2. The van der Waals surface area contributed by atoms with Crippen molar-refractivity contribution in [3.63, 3.8) is 0 Å². The highest BCUT2D eigenvalue weighted by atomic mass is 16.5. The standard InChI is InChI=1S/C17H22N2O2/c1-12(2)11-19-15-6-4-3-5-14(15)18-17(19)16(20)13-7-9-21-10-8-13/h3-6,12-13H,7-11H2,1-2H3. The van der Waals surface area contributed by atoms with Crippen LogP contribution in [-0.4, -0.2) is 28.5 Å². The van der Waals surface area contributed by atoms with Gasteiger partial charge >= 0.3 is 0 Å². The van der Waals surface area contributed by atoms with Gasteiger partial charge in [0.25, 0.3) is 0 Å². The van der Waals surface area contributed by atoms with E-state index in [0.717, 1.165) is 30.4 Å². The molecule has 0 N–H and O–H groups in total. The minimum Gasteiger partial charge on any atom is -0.381 e. The lowest BCUT2D eigenvalue weighted by atomic mass is 9.95. The maximum absolute atomic E-state index is 12.8. The number of carbonyl (C=O) groups is 1. The number of rotatable bonds is 4. The molecule has 4 nitrogen and oxygen atoms in total. The van der Waals surface area contributed by atoms with Crippen molar-refractivity contribution in [2.45, 2.75) is 33.2 Å². The quantitative estimate of drug-likeness (QED) is 0.810. The van der Waals surface area contributed by atoms with Crippen LogP contribution in [0.5, 0.6) is 0 Å². The molecule has 4 heteroatoms. The number of aromatic nitrogens is 2. The second kappa shape index (κ2) is 5.98. The molecule has 1 aliphatic rings. The molecule has 1 aliphatic heterocycles. The van der Waals surface area contributed by atoms with Crippen LogP contribution in [0.15, 0.2) is 24.3 Å². The van der Waals surface area contributed by atoms with E-state index >= 15 is 0 Å². The molecular weight excluding hydrogens is 264 g/mol. The van der Waals surface area contributed by atoms with Crippen LogP contribution in [0.2, 0.25) is 0 Å². The van der Waals surface area contributed by atoms with Crippen LogP contribution in [0.1, 0.15) is 37.3 Å². The van der Waals surface area contributed by atoms with Crippen LogP contribution >= 0.6 is 0 Å². The molecule has 0 spiro atoms. The summed E-state index contributed by atoms with van der Waals surface area (Å²) in [6, 6.07) is 8.00. The zero-order valence-electron chi connectivity index (χ0n) is 12.7. The van der Waals surface area contributed by atoms with Crippen LogP contribution < -0.4 is 0 Å². The van der Waals surface area contributed by atoms with Gasteiger partial charge in [-0.15, -0.1) is 0 Å². The van der Waals surface area contributed by atoms with Gasteiger partial charge in [0.2, 0.25) is 5.78 Å². The zero-order valence-corrected chi connectivity index (χ0v) is 12.7. The first kappa shape index (κ1) is 14.3. The number of ketones is 1. The van der Waals surface area contributed by atoms with Crippen LogP contribution in [0.3, 0.4) is 0 Å². The summed E-state index contributed by atoms with van der Waals surface area (Å²) in [6.45, 7) is 6.52. The number of nitrogens with zero attached hydrogens (tertiary/aromatic N) is 2. The van der Waals surface area contributed by atoms with E-state index in [1.54, 1.807) is 0 Å². The fraction of sp³-hybridized carbons (Fsp3) is 0.529. The van der Waals surface area contributed by atoms with Crippen molar-refractivity contribution in [3.8, 4) is 0 Å². The van der Waals surface area contributed by atoms with Crippen LogP contribution in [-0.2, 0) is 11.3 Å². The SMILES string of the molecule is CC(C)Cn1c(C(=O)C2CCOCC2)nc2ccccc21. The Morgan fingerprint density at radius 2 is 2.05 bits per heavy atom. The summed E-state index contributed by atoms with van der Waals surface area (Å²) in [6.07, 6.45) is 1.62. The Labute approximate surface area is 125 Å². The van der Waals surface area contributed by atoms with Gasteiger partial charge in [0.05, 0.1) is 11.0 Å². The lowest BCUT2D eigenvalue weighted by Gasteiger charge is -2.21. The first-order valence-electron chi connectivity index (χ1n) is 7.74. The van der Waals surface area contributed by atoms with Crippen molar-refractivity contribution >= 4 is 16.8 Å². The predicted molar refractivity (Wildman–Crippen MR) is 82.4 cm³/mol. The van der Waals surface area contributed by atoms with Gasteiger partial charge in [-0.1, -0.05) is 26.0 Å². The van der Waals surface area contributed by atoms with Crippen molar-refractivity contribution in [1.82, 2.24) is 9.55 Å². The van der Waals surface area contributed by atoms with Gasteiger partial charge in [0.1, 0.15) is 0 Å². The van der Waals surface area contributed by atoms with Crippen molar-refractivity contribution in [1.29, 1.82) is 0 Å². The second-order valence-electron chi connectivity index (χ2n) is 6.18. The van der Waals surface area contributed by atoms with Crippen molar-refractivity contribution in [2.24, 2.45) is 11.8 Å². The number of benzene rings is 1. The molecule has 0 radical (unpaired) electrons. The Morgan fingerprint density at radius 1 is 1.33 bits per heavy atom. The monoisotopic (exact) mass is 286 g/mol. The largest absolute Gasteiger partial charge is 0.381 e. The molecule has 0 amide bonds. The molecule has 0 saturated carbocycles. The Morgan fingerprint density at radius 3 is 2.76 bits per heavy atom. The highest BCUT2D eigenvalue weighted by Gasteiger charge is 2.27. The molecule has 1 aromatic carbocycles. The molecule has 1 saturated heterocycles. The van der Waals surface area contributed by atoms with E-state index in [0.29, 0.717) is 25.0 Å². The highest BCUT2D eigenvalue weighted by Crippen LogP contribution is 2.24. The third kappa shape index (κ3) is 2.86. The Balaban J connectivity index is 2.01. The van der Waals surface area contributed by atoms with E-state index in [9.17, 15) is 4.79 Å². The summed E-state index contributed by atoms with van der Waals surface area (Å²) in [5.74, 6) is 1.33. The molecule has 0 bridgehead atoms. The van der Waals surface area contributed by atoms with Crippen LogP contribution in [0, 0.1) is 11.8 Å². The maximum Gasteiger partial charge on any atom is 0.201 e. The van der Waals surface area contributed by atoms with E-state index in [1.807, 2.05) is 24.3 Å². The van der Waals surface area contributed by atoms with E-state index in [2.05, 4.69) is 23.4 Å². The summed E-state index contributed by atoms with van der Waals surface area (Å²) in [5, 5.41) is 0. The van der Waals surface area contributed by atoms with Gasteiger partial charge in [-0.3, -0.25) is 4.79 Å². The Kier molecular flexibility index (Phi) is 4.06. The third-order valence-corrected chi connectivity index (χ3v) is 4.01. The maximum atomic E-state index is 12.8. The average molecular weight is 286 g/mol. The fourth-order valence-corrected chi connectivity index (χ4v) is 2.96. The Hall–Kier alpha value is -1.68. The lowest BCUT2D eigenvalue weighted by molar-refractivity contribution is 0.0535. The number of ether oxygens (including phenoxy) is 1. The van der Waals surface area contributed by atoms with Gasteiger partial charge in [-0.25, -0.2) is 4.98 Å². The topological polar surface area (TPSA) is 44.1 Å². The zero-order chi connectivity index (χ0) is 14.8. The minimum atomic E-state index is 0.0569. The highest BCUT2D eigenvalue weighted by molar-refractivity contribution is 5.98. The first-order valence-corrected chi connectivity index (χ1v) is 7.74. The van der Waals surface area contributed by atoms with Gasteiger partial charge in [-0.05, 0) is 30.9 Å². The normalized spacial score (nSPS) is 16.7. The van der Waals surface area contributed by atoms with E-state index in [4.69, 9.17) is 4.74 Å². The molecule has 0 aliphatic carbocycles. The lowest BCUT2D eigenvalue weighted by Crippen LogP contribution is -2.26. The van der Waals surface area contributed by atoms with E-state index < -0.39 is 0 Å². The molecule has 3 rings (SSSR count). The molecule has 0 unspecified atom stereocenters. The average Bonchev–Trinajstić information content (AvgIpc) is 2.86.